The van der Waals surface area contributed by atoms with E-state index >= 15 is 0 Å². The first kappa shape index (κ1) is 23.0. The standard InChI is InChI=1S/C29H32N4O3/c1-2-27(21-5-9-25(10-6-21)36-26-13-22(30)14-26)20-3-7-24(8-4-20)35-15-23-11-12-31-28(32-23)33-16-29(17-33)18-34-19-29/h2-12,22,26-27H,1,13-19,30H2. The van der Waals surface area contributed by atoms with Crippen LogP contribution in [0.1, 0.15) is 35.6 Å². The Hall–Kier alpha value is -3.42. The van der Waals surface area contributed by atoms with Crippen LogP contribution in [0.15, 0.2) is 73.4 Å². The van der Waals surface area contributed by atoms with Crippen LogP contribution in [0, 0.1) is 5.41 Å². The van der Waals surface area contributed by atoms with Gasteiger partial charge in [-0.05, 0) is 54.3 Å². The van der Waals surface area contributed by atoms with Crippen LogP contribution in [0.2, 0.25) is 0 Å². The number of aromatic nitrogens is 2. The van der Waals surface area contributed by atoms with E-state index in [9.17, 15) is 0 Å². The molecule has 0 bridgehead atoms. The van der Waals surface area contributed by atoms with Crippen molar-refractivity contribution in [2.75, 3.05) is 31.2 Å². The summed E-state index contributed by atoms with van der Waals surface area (Å²) < 4.78 is 17.4. The van der Waals surface area contributed by atoms with E-state index < -0.39 is 0 Å². The average Bonchev–Trinajstić information content (AvgIpc) is 2.83. The Labute approximate surface area is 211 Å². The molecule has 3 aliphatic rings. The van der Waals surface area contributed by atoms with E-state index in [1.54, 1.807) is 6.20 Å². The third kappa shape index (κ3) is 4.68. The van der Waals surface area contributed by atoms with Crippen molar-refractivity contribution < 1.29 is 14.2 Å². The van der Waals surface area contributed by atoms with Gasteiger partial charge in [-0.25, -0.2) is 9.97 Å². The molecule has 0 amide bonds. The molecule has 7 nitrogen and oxygen atoms in total. The third-order valence-corrected chi connectivity index (χ3v) is 7.39. The summed E-state index contributed by atoms with van der Waals surface area (Å²) in [4.78, 5) is 11.3. The first-order chi connectivity index (χ1) is 17.6. The second-order valence-electron chi connectivity index (χ2n) is 10.3. The monoisotopic (exact) mass is 484 g/mol. The second kappa shape index (κ2) is 9.56. The maximum atomic E-state index is 6.02. The highest BCUT2D eigenvalue weighted by Crippen LogP contribution is 2.39. The van der Waals surface area contributed by atoms with Crippen LogP contribution in [-0.4, -0.2) is 48.4 Å². The molecule has 1 spiro atoms. The van der Waals surface area contributed by atoms with E-state index in [1.165, 1.54) is 5.56 Å². The number of hydrogen-bond acceptors (Lipinski definition) is 7. The highest BCUT2D eigenvalue weighted by molar-refractivity contribution is 5.41. The fourth-order valence-corrected chi connectivity index (χ4v) is 5.14. The van der Waals surface area contributed by atoms with Gasteiger partial charge in [0, 0.05) is 31.2 Å². The second-order valence-corrected chi connectivity index (χ2v) is 10.3. The summed E-state index contributed by atoms with van der Waals surface area (Å²) >= 11 is 0. The molecular weight excluding hydrogens is 452 g/mol. The Morgan fingerprint density at radius 1 is 1.03 bits per heavy atom. The summed E-state index contributed by atoms with van der Waals surface area (Å²) in [5.41, 5.74) is 9.39. The van der Waals surface area contributed by atoms with Gasteiger partial charge in [-0.15, -0.1) is 6.58 Å². The average molecular weight is 485 g/mol. The van der Waals surface area contributed by atoms with E-state index in [0.29, 0.717) is 12.0 Å². The molecular formula is C29H32N4O3. The predicted molar refractivity (Wildman–Crippen MR) is 138 cm³/mol. The third-order valence-electron chi connectivity index (χ3n) is 7.39. The van der Waals surface area contributed by atoms with Gasteiger partial charge in [-0.2, -0.15) is 0 Å². The zero-order valence-electron chi connectivity index (χ0n) is 20.4. The number of nitrogens with zero attached hydrogens (tertiary/aromatic N) is 3. The lowest BCUT2D eigenvalue weighted by Gasteiger charge is -2.54. The van der Waals surface area contributed by atoms with Crippen LogP contribution in [-0.2, 0) is 11.3 Å². The Morgan fingerprint density at radius 2 is 1.69 bits per heavy atom. The number of ether oxygens (including phenoxy) is 3. The SMILES string of the molecule is C=CC(c1ccc(OCc2ccnc(N3CC4(COC4)C3)n2)cc1)c1ccc(OC2CC(N)C2)cc1. The Balaban J connectivity index is 1.04. The van der Waals surface area contributed by atoms with Crippen molar-refractivity contribution in [3.8, 4) is 11.5 Å². The normalized spacial score (nSPS) is 22.6. The van der Waals surface area contributed by atoms with E-state index in [1.807, 2.05) is 36.4 Å². The molecule has 2 aromatic carbocycles. The first-order valence-electron chi connectivity index (χ1n) is 12.6. The number of rotatable bonds is 9. The summed E-state index contributed by atoms with van der Waals surface area (Å²) in [7, 11) is 0. The largest absolute Gasteiger partial charge is 0.490 e. The van der Waals surface area contributed by atoms with Gasteiger partial charge in [0.2, 0.25) is 5.95 Å². The maximum Gasteiger partial charge on any atom is 0.225 e. The van der Waals surface area contributed by atoms with Crippen LogP contribution in [0.25, 0.3) is 0 Å². The lowest BCUT2D eigenvalue weighted by molar-refractivity contribution is -0.127. The van der Waals surface area contributed by atoms with Crippen molar-refractivity contribution in [1.82, 2.24) is 9.97 Å². The minimum Gasteiger partial charge on any atom is -0.490 e. The zero-order chi connectivity index (χ0) is 24.5. The number of allylic oxidation sites excluding steroid dienone is 1. The molecule has 3 aromatic rings. The van der Waals surface area contributed by atoms with Gasteiger partial charge in [0.1, 0.15) is 24.2 Å². The fourth-order valence-electron chi connectivity index (χ4n) is 5.14. The fraction of sp³-hybridized carbons (Fsp3) is 0.379. The summed E-state index contributed by atoms with van der Waals surface area (Å²) in [6.07, 6.45) is 5.87. The van der Waals surface area contributed by atoms with Gasteiger partial charge in [-0.1, -0.05) is 30.3 Å². The number of nitrogens with two attached hydrogens (primary N) is 1. The molecule has 3 heterocycles. The summed E-state index contributed by atoms with van der Waals surface area (Å²) in [5.74, 6) is 2.56. The van der Waals surface area contributed by atoms with E-state index in [4.69, 9.17) is 19.9 Å². The topological polar surface area (TPSA) is 82.7 Å². The molecule has 36 heavy (non-hydrogen) atoms. The minimum atomic E-state index is 0.0931. The highest BCUT2D eigenvalue weighted by Gasteiger charge is 2.49. The Morgan fingerprint density at radius 3 is 2.28 bits per heavy atom. The van der Waals surface area contributed by atoms with Gasteiger partial charge < -0.3 is 24.8 Å². The van der Waals surface area contributed by atoms with Crippen molar-refractivity contribution in [3.63, 3.8) is 0 Å². The number of benzene rings is 2. The highest BCUT2D eigenvalue weighted by atomic mass is 16.5. The minimum absolute atomic E-state index is 0.0931. The first-order valence-corrected chi connectivity index (χ1v) is 12.6. The molecule has 7 heteroatoms. The van der Waals surface area contributed by atoms with E-state index in [0.717, 1.165) is 67.8 Å². The molecule has 1 unspecified atom stereocenters. The predicted octanol–water partition coefficient (Wildman–Crippen LogP) is 4.08. The van der Waals surface area contributed by atoms with Crippen LogP contribution in [0.3, 0.4) is 0 Å². The van der Waals surface area contributed by atoms with Gasteiger partial charge in [0.15, 0.2) is 0 Å². The van der Waals surface area contributed by atoms with Gasteiger partial charge >= 0.3 is 0 Å². The Kier molecular flexibility index (Phi) is 6.11. The van der Waals surface area contributed by atoms with E-state index in [2.05, 4.69) is 45.7 Å². The maximum absolute atomic E-state index is 6.02. The van der Waals surface area contributed by atoms with Gasteiger partial charge in [0.25, 0.3) is 0 Å². The molecule has 186 valence electrons. The quantitative estimate of drug-likeness (QED) is 0.458. The van der Waals surface area contributed by atoms with Crippen molar-refractivity contribution in [1.29, 1.82) is 0 Å². The van der Waals surface area contributed by atoms with Crippen LogP contribution < -0.4 is 20.1 Å². The summed E-state index contributed by atoms with van der Waals surface area (Å²) in [6, 6.07) is 18.6. The molecule has 1 aromatic heterocycles. The molecule has 0 radical (unpaired) electrons. The summed E-state index contributed by atoms with van der Waals surface area (Å²) in [5, 5.41) is 0. The lowest BCUT2D eigenvalue weighted by Crippen LogP contribution is -2.66. The molecule has 3 fully saturated rings. The lowest BCUT2D eigenvalue weighted by atomic mass is 9.78. The van der Waals surface area contributed by atoms with Gasteiger partial charge in [-0.3, -0.25) is 0 Å². The molecule has 2 N–H and O–H groups in total. The van der Waals surface area contributed by atoms with Crippen LogP contribution >= 0.6 is 0 Å². The van der Waals surface area contributed by atoms with Crippen molar-refractivity contribution in [2.24, 2.45) is 11.1 Å². The number of anilines is 1. The number of hydrogen-bond donors (Lipinski definition) is 1. The van der Waals surface area contributed by atoms with Crippen molar-refractivity contribution >= 4 is 5.95 Å². The zero-order valence-corrected chi connectivity index (χ0v) is 20.4. The van der Waals surface area contributed by atoms with Crippen molar-refractivity contribution in [3.05, 3.63) is 90.3 Å². The van der Waals surface area contributed by atoms with Crippen LogP contribution in [0.4, 0.5) is 5.95 Å². The van der Waals surface area contributed by atoms with Crippen molar-refractivity contribution in [2.45, 2.75) is 37.5 Å². The van der Waals surface area contributed by atoms with E-state index in [-0.39, 0.29) is 18.1 Å². The molecule has 6 rings (SSSR count). The summed E-state index contributed by atoms with van der Waals surface area (Å²) in [6.45, 7) is 8.10. The molecule has 2 aliphatic heterocycles. The smallest absolute Gasteiger partial charge is 0.225 e. The molecule has 1 saturated carbocycles. The van der Waals surface area contributed by atoms with Gasteiger partial charge in [0.05, 0.1) is 24.3 Å². The molecule has 1 aliphatic carbocycles. The Bertz CT molecular complexity index is 1200. The molecule has 1 atom stereocenters. The van der Waals surface area contributed by atoms with Crippen LogP contribution in [0.5, 0.6) is 11.5 Å². The molecule has 2 saturated heterocycles.